The van der Waals surface area contributed by atoms with E-state index in [0.29, 0.717) is 24.3 Å². The van der Waals surface area contributed by atoms with Gasteiger partial charge in [-0.3, -0.25) is 9.52 Å². The lowest BCUT2D eigenvalue weighted by molar-refractivity contribution is -0.132. The van der Waals surface area contributed by atoms with E-state index in [0.717, 1.165) is 24.8 Å². The molecule has 29 heavy (non-hydrogen) atoms. The van der Waals surface area contributed by atoms with Crippen LogP contribution in [0.2, 0.25) is 0 Å². The van der Waals surface area contributed by atoms with Gasteiger partial charge in [-0.2, -0.15) is 0 Å². The van der Waals surface area contributed by atoms with Crippen LogP contribution in [0.4, 0.5) is 5.69 Å². The molecule has 1 aliphatic heterocycles. The summed E-state index contributed by atoms with van der Waals surface area (Å²) >= 11 is 0. The largest absolute Gasteiger partial charge is 0.490 e. The van der Waals surface area contributed by atoms with Gasteiger partial charge in [0.1, 0.15) is 11.9 Å². The number of nitrogens with zero attached hydrogens (tertiary/aromatic N) is 1. The Balaban J connectivity index is 1.56. The van der Waals surface area contributed by atoms with Gasteiger partial charge in [-0.05, 0) is 48.7 Å². The first-order valence-corrected chi connectivity index (χ1v) is 11.7. The van der Waals surface area contributed by atoms with Gasteiger partial charge in [0.15, 0.2) is 0 Å². The summed E-state index contributed by atoms with van der Waals surface area (Å²) in [5.41, 5.74) is 3.58. The molecule has 0 unspecified atom stereocenters. The number of likely N-dealkylation sites (tertiary alicyclic amines) is 1. The van der Waals surface area contributed by atoms with Crippen molar-refractivity contribution in [3.63, 3.8) is 0 Å². The van der Waals surface area contributed by atoms with Crippen LogP contribution in [-0.4, -0.2) is 44.7 Å². The smallest absolute Gasteiger partial charge is 0.229 e. The van der Waals surface area contributed by atoms with Gasteiger partial charge in [0.05, 0.1) is 18.4 Å². The van der Waals surface area contributed by atoms with Crippen molar-refractivity contribution in [1.29, 1.82) is 0 Å². The molecule has 6 nitrogen and oxygen atoms in total. The molecule has 1 heterocycles. The first-order chi connectivity index (χ1) is 13.7. The summed E-state index contributed by atoms with van der Waals surface area (Å²) in [6.45, 7) is 5.42. The van der Waals surface area contributed by atoms with Crippen LogP contribution in [0.3, 0.4) is 0 Å². The lowest BCUT2D eigenvalue weighted by Crippen LogP contribution is -2.42. The molecule has 1 fully saturated rings. The maximum Gasteiger partial charge on any atom is 0.229 e. The number of carbonyl (C=O) groups is 1. The molecule has 1 saturated heterocycles. The number of amides is 1. The highest BCUT2D eigenvalue weighted by molar-refractivity contribution is 7.92. The molecule has 1 amide bonds. The number of ether oxygens (including phenoxy) is 1. The molecule has 0 aliphatic carbocycles. The van der Waals surface area contributed by atoms with Crippen LogP contribution in [0, 0.1) is 13.8 Å². The second-order valence-electron chi connectivity index (χ2n) is 7.65. The van der Waals surface area contributed by atoms with E-state index in [4.69, 9.17) is 4.74 Å². The average molecular weight is 417 g/mol. The number of benzene rings is 2. The van der Waals surface area contributed by atoms with Crippen molar-refractivity contribution in [2.75, 3.05) is 24.1 Å². The van der Waals surface area contributed by atoms with Crippen molar-refractivity contribution in [1.82, 2.24) is 4.90 Å². The topological polar surface area (TPSA) is 75.7 Å². The van der Waals surface area contributed by atoms with Gasteiger partial charge in [-0.25, -0.2) is 8.42 Å². The van der Waals surface area contributed by atoms with Crippen LogP contribution in [0.5, 0.6) is 5.75 Å². The van der Waals surface area contributed by atoms with E-state index in [-0.39, 0.29) is 18.4 Å². The van der Waals surface area contributed by atoms with Crippen LogP contribution in [0.1, 0.15) is 29.5 Å². The Morgan fingerprint density at radius 1 is 1.10 bits per heavy atom. The third-order valence-electron chi connectivity index (χ3n) is 5.23. The van der Waals surface area contributed by atoms with Crippen molar-refractivity contribution < 1.29 is 17.9 Å². The number of para-hydroxylation sites is 1. The molecular formula is C22H28N2O4S. The van der Waals surface area contributed by atoms with E-state index in [9.17, 15) is 13.2 Å². The van der Waals surface area contributed by atoms with Crippen LogP contribution in [-0.2, 0) is 21.2 Å². The minimum atomic E-state index is -3.39. The number of rotatable bonds is 6. The molecule has 0 aromatic heterocycles. The minimum absolute atomic E-state index is 0.00242. The molecule has 0 bridgehead atoms. The summed E-state index contributed by atoms with van der Waals surface area (Å²) in [7, 11) is -3.39. The molecule has 2 aromatic carbocycles. The molecule has 2 aromatic rings. The third kappa shape index (κ3) is 5.97. The molecule has 1 N–H and O–H groups in total. The normalized spacial score (nSPS) is 15.2. The van der Waals surface area contributed by atoms with Crippen molar-refractivity contribution in [3.05, 3.63) is 59.2 Å². The van der Waals surface area contributed by atoms with Gasteiger partial charge in [-0.15, -0.1) is 0 Å². The molecule has 1 aliphatic rings. The fourth-order valence-corrected chi connectivity index (χ4v) is 4.05. The number of nitrogens with one attached hydrogen (secondary N) is 1. The van der Waals surface area contributed by atoms with Crippen LogP contribution >= 0.6 is 0 Å². The third-order valence-corrected chi connectivity index (χ3v) is 5.82. The second-order valence-corrected chi connectivity index (χ2v) is 9.40. The van der Waals surface area contributed by atoms with E-state index < -0.39 is 10.0 Å². The number of sulfonamides is 1. The number of aryl methyl sites for hydroxylation is 2. The summed E-state index contributed by atoms with van der Waals surface area (Å²) in [6, 6.07) is 13.1. The quantitative estimate of drug-likeness (QED) is 0.784. The standard InChI is InChI=1S/C22H28N2O4S/c1-16-8-9-20(14-17(16)2)28-19-10-12-24(13-11-19)22(25)15-18-6-4-5-7-21(18)23-29(3,26)27/h4-9,14,19,23H,10-13,15H2,1-3H3. The summed E-state index contributed by atoms with van der Waals surface area (Å²) in [4.78, 5) is 14.6. The van der Waals surface area contributed by atoms with Crippen molar-refractivity contribution >= 4 is 21.6 Å². The molecule has 7 heteroatoms. The summed E-state index contributed by atoms with van der Waals surface area (Å²) in [5, 5.41) is 0. The highest BCUT2D eigenvalue weighted by Gasteiger charge is 2.24. The number of piperidine rings is 1. The predicted molar refractivity (Wildman–Crippen MR) is 115 cm³/mol. The Morgan fingerprint density at radius 2 is 1.79 bits per heavy atom. The zero-order valence-corrected chi connectivity index (χ0v) is 18.0. The Bertz CT molecular complexity index is 980. The first kappa shape index (κ1) is 21.2. The highest BCUT2D eigenvalue weighted by Crippen LogP contribution is 2.23. The summed E-state index contributed by atoms with van der Waals surface area (Å²) < 4.78 is 31.7. The lowest BCUT2D eigenvalue weighted by atomic mass is 10.0. The van der Waals surface area contributed by atoms with Crippen LogP contribution in [0.15, 0.2) is 42.5 Å². The van der Waals surface area contributed by atoms with E-state index >= 15 is 0 Å². The van der Waals surface area contributed by atoms with E-state index in [1.165, 1.54) is 11.1 Å². The Morgan fingerprint density at radius 3 is 2.45 bits per heavy atom. The minimum Gasteiger partial charge on any atom is -0.490 e. The van der Waals surface area contributed by atoms with E-state index in [1.807, 2.05) is 11.0 Å². The zero-order valence-electron chi connectivity index (χ0n) is 17.1. The average Bonchev–Trinajstić information content (AvgIpc) is 2.66. The maximum atomic E-state index is 12.7. The zero-order chi connectivity index (χ0) is 21.0. The van der Waals surface area contributed by atoms with Gasteiger partial charge in [0.2, 0.25) is 15.9 Å². The number of hydrogen-bond acceptors (Lipinski definition) is 4. The number of carbonyl (C=O) groups excluding carboxylic acids is 1. The second kappa shape index (κ2) is 8.86. The molecular weight excluding hydrogens is 388 g/mol. The van der Waals surface area contributed by atoms with Gasteiger partial charge in [-0.1, -0.05) is 24.3 Å². The van der Waals surface area contributed by atoms with Gasteiger partial charge in [0, 0.05) is 25.9 Å². The lowest BCUT2D eigenvalue weighted by Gasteiger charge is -2.32. The SMILES string of the molecule is Cc1ccc(OC2CCN(C(=O)Cc3ccccc3NS(C)(=O)=O)CC2)cc1C. The Hall–Kier alpha value is -2.54. The first-order valence-electron chi connectivity index (χ1n) is 9.78. The summed E-state index contributed by atoms with van der Waals surface area (Å²) in [5.74, 6) is 0.871. The monoisotopic (exact) mass is 416 g/mol. The fraction of sp³-hybridized carbons (Fsp3) is 0.409. The van der Waals surface area contributed by atoms with Gasteiger partial charge >= 0.3 is 0 Å². The van der Waals surface area contributed by atoms with Crippen LogP contribution in [0.25, 0.3) is 0 Å². The maximum absolute atomic E-state index is 12.7. The number of anilines is 1. The van der Waals surface area contributed by atoms with Crippen molar-refractivity contribution in [2.24, 2.45) is 0 Å². The molecule has 156 valence electrons. The van der Waals surface area contributed by atoms with Crippen molar-refractivity contribution in [3.8, 4) is 5.75 Å². The molecule has 0 saturated carbocycles. The number of hydrogen-bond donors (Lipinski definition) is 1. The summed E-state index contributed by atoms with van der Waals surface area (Å²) in [6.07, 6.45) is 2.93. The molecule has 0 spiro atoms. The fourth-order valence-electron chi connectivity index (χ4n) is 3.45. The predicted octanol–water partition coefficient (Wildman–Crippen LogP) is 3.29. The van der Waals surface area contributed by atoms with Crippen LogP contribution < -0.4 is 9.46 Å². The molecule has 0 radical (unpaired) electrons. The molecule has 0 atom stereocenters. The molecule has 3 rings (SSSR count). The van der Waals surface area contributed by atoms with E-state index in [1.54, 1.807) is 24.3 Å². The van der Waals surface area contributed by atoms with Gasteiger partial charge < -0.3 is 9.64 Å². The van der Waals surface area contributed by atoms with Gasteiger partial charge in [0.25, 0.3) is 0 Å². The Labute approximate surface area is 172 Å². The van der Waals surface area contributed by atoms with Crippen molar-refractivity contribution in [2.45, 2.75) is 39.2 Å². The Kier molecular flexibility index (Phi) is 6.47. The highest BCUT2D eigenvalue weighted by atomic mass is 32.2. The van der Waals surface area contributed by atoms with E-state index in [2.05, 4.69) is 30.7 Å².